The Labute approximate surface area is 195 Å². The molecule has 0 bridgehead atoms. The van der Waals surface area contributed by atoms with Crippen LogP contribution in [0, 0.1) is 6.92 Å². The molecule has 9 heteroatoms. The molecular weight excluding hydrogens is 438 g/mol. The second-order valence-electron chi connectivity index (χ2n) is 7.56. The number of nitrogens with zero attached hydrogens (tertiary/aromatic N) is 2. The Morgan fingerprint density at radius 1 is 1.12 bits per heavy atom. The van der Waals surface area contributed by atoms with E-state index < -0.39 is 23.7 Å². The highest BCUT2D eigenvalue weighted by Crippen LogP contribution is 2.41. The first kappa shape index (κ1) is 22.8. The van der Waals surface area contributed by atoms with E-state index in [4.69, 9.17) is 9.47 Å². The van der Waals surface area contributed by atoms with Gasteiger partial charge in [-0.2, -0.15) is 0 Å². The Kier molecular flexibility index (Phi) is 6.18. The minimum Gasteiger partial charge on any atom is -0.507 e. The second kappa shape index (κ2) is 9.22. The average molecular weight is 461 g/mol. The van der Waals surface area contributed by atoms with Gasteiger partial charge in [-0.25, -0.2) is 9.78 Å². The molecule has 3 aromatic rings. The van der Waals surface area contributed by atoms with Crippen LogP contribution in [0.2, 0.25) is 0 Å². The van der Waals surface area contributed by atoms with E-state index in [2.05, 4.69) is 9.97 Å². The van der Waals surface area contributed by atoms with Gasteiger partial charge in [0.1, 0.15) is 11.5 Å². The lowest BCUT2D eigenvalue weighted by molar-refractivity contribution is -0.132. The Morgan fingerprint density at radius 2 is 1.79 bits per heavy atom. The number of rotatable bonds is 6. The largest absolute Gasteiger partial charge is 0.507 e. The van der Waals surface area contributed by atoms with E-state index in [1.807, 2.05) is 0 Å². The number of Topliss-reactive ketones (excluding diaryl/α,β-unsaturated/α-hetero) is 1. The molecule has 0 spiro atoms. The molecule has 34 heavy (non-hydrogen) atoms. The van der Waals surface area contributed by atoms with Crippen molar-refractivity contribution in [2.75, 3.05) is 18.6 Å². The summed E-state index contributed by atoms with van der Waals surface area (Å²) in [6, 6.07) is 14.3. The van der Waals surface area contributed by atoms with Crippen LogP contribution in [0.25, 0.3) is 5.76 Å². The van der Waals surface area contributed by atoms with Gasteiger partial charge >= 0.3 is 11.9 Å². The number of aryl methyl sites for hydroxylation is 1. The summed E-state index contributed by atoms with van der Waals surface area (Å²) in [5.41, 5.74) is 1.24. The number of ether oxygens (including phenoxy) is 2. The van der Waals surface area contributed by atoms with E-state index >= 15 is 0 Å². The van der Waals surface area contributed by atoms with Crippen LogP contribution in [0.1, 0.15) is 40.3 Å². The van der Waals surface area contributed by atoms with Gasteiger partial charge in [0.15, 0.2) is 5.69 Å². The molecular formula is C25H23N3O6. The van der Waals surface area contributed by atoms with Gasteiger partial charge in [0.05, 0.1) is 25.3 Å². The van der Waals surface area contributed by atoms with Gasteiger partial charge in [-0.05, 0) is 31.5 Å². The first-order valence-corrected chi connectivity index (χ1v) is 10.6. The van der Waals surface area contributed by atoms with Crippen molar-refractivity contribution >= 4 is 29.4 Å². The first-order chi connectivity index (χ1) is 16.4. The number of imidazole rings is 1. The van der Waals surface area contributed by atoms with Crippen LogP contribution in [0.5, 0.6) is 5.75 Å². The SMILES string of the molecule is CCOC(=O)c1nc(N2C(=O)C(=O)C(=C(O)c3ccccc3)C2c2ccc(OC)cc2)[nH]c1C. The summed E-state index contributed by atoms with van der Waals surface area (Å²) in [7, 11) is 1.53. The van der Waals surface area contributed by atoms with Crippen LogP contribution < -0.4 is 9.64 Å². The van der Waals surface area contributed by atoms with E-state index in [1.54, 1.807) is 68.4 Å². The third kappa shape index (κ3) is 3.92. The summed E-state index contributed by atoms with van der Waals surface area (Å²) >= 11 is 0. The second-order valence-corrected chi connectivity index (χ2v) is 7.56. The van der Waals surface area contributed by atoms with Crippen LogP contribution in [-0.2, 0) is 14.3 Å². The minimum absolute atomic E-state index is 0.00409. The van der Waals surface area contributed by atoms with Gasteiger partial charge in [-0.1, -0.05) is 42.5 Å². The molecule has 1 aliphatic rings. The number of carbonyl (C=O) groups excluding carboxylic acids is 3. The predicted molar refractivity (Wildman–Crippen MR) is 124 cm³/mol. The van der Waals surface area contributed by atoms with Crippen molar-refractivity contribution in [3.8, 4) is 5.75 Å². The number of aliphatic hydroxyl groups is 1. The molecule has 0 saturated carbocycles. The summed E-state index contributed by atoms with van der Waals surface area (Å²) in [4.78, 5) is 47.0. The van der Waals surface area contributed by atoms with Crippen LogP contribution in [0.3, 0.4) is 0 Å². The number of aliphatic hydroxyl groups excluding tert-OH is 1. The molecule has 1 saturated heterocycles. The number of hydrogen-bond acceptors (Lipinski definition) is 7. The van der Waals surface area contributed by atoms with Crippen molar-refractivity contribution in [1.82, 2.24) is 9.97 Å². The lowest BCUT2D eigenvalue weighted by Crippen LogP contribution is -2.30. The van der Waals surface area contributed by atoms with Crippen molar-refractivity contribution in [3.05, 3.63) is 82.7 Å². The fourth-order valence-electron chi connectivity index (χ4n) is 3.86. The number of esters is 1. The molecule has 2 heterocycles. The maximum absolute atomic E-state index is 13.2. The maximum Gasteiger partial charge on any atom is 0.358 e. The number of aromatic amines is 1. The molecule has 1 atom stereocenters. The molecule has 1 amide bonds. The van der Waals surface area contributed by atoms with Gasteiger partial charge < -0.3 is 19.6 Å². The molecule has 174 valence electrons. The van der Waals surface area contributed by atoms with Gasteiger partial charge in [0.25, 0.3) is 5.78 Å². The topological polar surface area (TPSA) is 122 Å². The molecule has 0 radical (unpaired) electrons. The normalized spacial score (nSPS) is 17.1. The van der Waals surface area contributed by atoms with E-state index in [9.17, 15) is 19.5 Å². The first-order valence-electron chi connectivity index (χ1n) is 10.6. The Hall–Kier alpha value is -4.40. The minimum atomic E-state index is -0.994. The Bertz CT molecular complexity index is 1280. The number of hydrogen-bond donors (Lipinski definition) is 2. The number of benzene rings is 2. The molecule has 1 fully saturated rings. The van der Waals surface area contributed by atoms with Crippen LogP contribution >= 0.6 is 0 Å². The van der Waals surface area contributed by atoms with Crippen LogP contribution in [0.4, 0.5) is 5.95 Å². The van der Waals surface area contributed by atoms with Gasteiger partial charge in [0.2, 0.25) is 5.95 Å². The summed E-state index contributed by atoms with van der Waals surface area (Å²) in [6.45, 7) is 3.45. The predicted octanol–water partition coefficient (Wildman–Crippen LogP) is 3.53. The third-order valence-corrected chi connectivity index (χ3v) is 5.49. The summed E-state index contributed by atoms with van der Waals surface area (Å²) in [6.07, 6.45) is 0. The summed E-state index contributed by atoms with van der Waals surface area (Å²) in [5.74, 6) is -2.13. The molecule has 1 unspecified atom stereocenters. The highest BCUT2D eigenvalue weighted by molar-refractivity contribution is 6.51. The van der Waals surface area contributed by atoms with E-state index in [0.717, 1.165) is 4.90 Å². The Morgan fingerprint density at radius 3 is 2.41 bits per heavy atom. The molecule has 2 N–H and O–H groups in total. The Balaban J connectivity index is 1.90. The zero-order valence-corrected chi connectivity index (χ0v) is 18.9. The lowest BCUT2D eigenvalue weighted by Gasteiger charge is -2.23. The molecule has 0 aliphatic carbocycles. The standard InChI is InChI=1S/C25H23N3O6/c1-4-34-24(32)19-14(2)26-25(27-19)28-20(15-10-12-17(33-3)13-11-15)18(22(30)23(28)31)21(29)16-8-6-5-7-9-16/h5-13,20,29H,4H2,1-3H3,(H,26,27). The summed E-state index contributed by atoms with van der Waals surface area (Å²) in [5, 5.41) is 11.1. The average Bonchev–Trinajstić information content (AvgIpc) is 3.36. The number of H-pyrrole nitrogens is 1. The van der Waals surface area contributed by atoms with Gasteiger partial charge in [0, 0.05) is 11.3 Å². The molecule has 2 aromatic carbocycles. The third-order valence-electron chi connectivity index (χ3n) is 5.49. The highest BCUT2D eigenvalue weighted by atomic mass is 16.5. The fourth-order valence-corrected chi connectivity index (χ4v) is 3.86. The highest BCUT2D eigenvalue weighted by Gasteiger charge is 2.48. The number of methoxy groups -OCH3 is 1. The zero-order chi connectivity index (χ0) is 24.4. The number of amides is 1. The molecule has 9 nitrogen and oxygen atoms in total. The zero-order valence-electron chi connectivity index (χ0n) is 18.9. The van der Waals surface area contributed by atoms with Crippen LogP contribution in [0.15, 0.2) is 60.2 Å². The van der Waals surface area contributed by atoms with Crippen molar-refractivity contribution in [3.63, 3.8) is 0 Å². The summed E-state index contributed by atoms with van der Waals surface area (Å²) < 4.78 is 10.3. The fraction of sp³-hybridized carbons (Fsp3) is 0.200. The van der Waals surface area contributed by atoms with Crippen LogP contribution in [-0.4, -0.2) is 46.5 Å². The number of aromatic nitrogens is 2. The molecule has 4 rings (SSSR count). The number of nitrogens with one attached hydrogen (secondary N) is 1. The quantitative estimate of drug-likeness (QED) is 0.249. The van der Waals surface area contributed by atoms with Crippen molar-refractivity contribution in [1.29, 1.82) is 0 Å². The smallest absolute Gasteiger partial charge is 0.358 e. The maximum atomic E-state index is 13.2. The number of anilines is 1. The van der Waals surface area contributed by atoms with E-state index in [-0.39, 0.29) is 29.6 Å². The van der Waals surface area contributed by atoms with Crippen molar-refractivity contribution in [2.45, 2.75) is 19.9 Å². The van der Waals surface area contributed by atoms with Crippen molar-refractivity contribution in [2.24, 2.45) is 0 Å². The van der Waals surface area contributed by atoms with Crippen molar-refractivity contribution < 1.29 is 29.0 Å². The molecule has 1 aliphatic heterocycles. The van der Waals surface area contributed by atoms with E-state index in [1.165, 1.54) is 7.11 Å². The lowest BCUT2D eigenvalue weighted by atomic mass is 9.95. The number of ketones is 1. The monoisotopic (exact) mass is 461 g/mol. The molecule has 1 aromatic heterocycles. The van der Waals surface area contributed by atoms with E-state index in [0.29, 0.717) is 22.6 Å². The number of carbonyl (C=O) groups is 3. The van der Waals surface area contributed by atoms with Gasteiger partial charge in [-0.15, -0.1) is 0 Å². The van der Waals surface area contributed by atoms with Gasteiger partial charge in [-0.3, -0.25) is 14.5 Å².